The quantitative estimate of drug-likeness (QED) is 0.468. The first kappa shape index (κ1) is 20.2. The van der Waals surface area contributed by atoms with Crippen molar-refractivity contribution in [3.8, 4) is 0 Å². The van der Waals surface area contributed by atoms with Crippen molar-refractivity contribution >= 4 is 17.9 Å². The molecule has 0 aromatic carbocycles. The third kappa shape index (κ3) is 8.91. The molecule has 0 atom stereocenters. The fourth-order valence-electron chi connectivity index (χ4n) is 1.67. The Morgan fingerprint density at radius 1 is 1.00 bits per heavy atom. The van der Waals surface area contributed by atoms with Gasteiger partial charge in [0, 0.05) is 6.08 Å². The predicted molar refractivity (Wildman–Crippen MR) is 74.2 cm³/mol. The Morgan fingerprint density at radius 3 is 1.40 bits per heavy atom. The fourth-order valence-corrected chi connectivity index (χ4v) is 1.67. The van der Waals surface area contributed by atoms with Crippen molar-refractivity contribution in [3.05, 3.63) is 25.8 Å². The first-order valence-electron chi connectivity index (χ1n) is 6.08. The number of hydrogen-bond donors (Lipinski definition) is 2. The molecule has 2 N–H and O–H groups in total. The number of esters is 1. The number of carbonyl (C=O) groups is 3. The van der Waals surface area contributed by atoms with E-state index in [2.05, 4.69) is 24.5 Å². The number of ether oxygens (including phenoxy) is 1. The first-order chi connectivity index (χ1) is 9.42. The number of carbonyl (C=O) groups excluding carboxylic acids is 1. The normalized spacial score (nSPS) is 20.1. The van der Waals surface area contributed by atoms with E-state index in [1.54, 1.807) is 0 Å². The molecular formula is C14H22O6. The lowest BCUT2D eigenvalue weighted by atomic mass is 9.82. The minimum atomic E-state index is -0.793. The predicted octanol–water partition coefficient (Wildman–Crippen LogP) is 2.11. The van der Waals surface area contributed by atoms with Crippen LogP contribution < -0.4 is 0 Å². The van der Waals surface area contributed by atoms with E-state index >= 15 is 0 Å². The van der Waals surface area contributed by atoms with Crippen molar-refractivity contribution in [2.45, 2.75) is 25.7 Å². The highest BCUT2D eigenvalue weighted by molar-refractivity contribution is 5.80. The van der Waals surface area contributed by atoms with E-state index in [-0.39, 0.29) is 11.8 Å². The van der Waals surface area contributed by atoms with Crippen LogP contribution in [0, 0.1) is 11.8 Å². The lowest BCUT2D eigenvalue weighted by Crippen LogP contribution is -2.25. The van der Waals surface area contributed by atoms with Crippen LogP contribution in [0.15, 0.2) is 25.8 Å². The van der Waals surface area contributed by atoms with Crippen molar-refractivity contribution < 1.29 is 29.3 Å². The number of carboxylic acids is 2. The van der Waals surface area contributed by atoms with E-state index in [0.717, 1.165) is 6.08 Å². The van der Waals surface area contributed by atoms with Gasteiger partial charge >= 0.3 is 17.9 Å². The van der Waals surface area contributed by atoms with Crippen LogP contribution in [0.4, 0.5) is 0 Å². The van der Waals surface area contributed by atoms with E-state index in [4.69, 9.17) is 10.2 Å². The van der Waals surface area contributed by atoms with Crippen molar-refractivity contribution in [1.29, 1.82) is 0 Å². The molecule has 0 amide bonds. The molecule has 20 heavy (non-hydrogen) atoms. The van der Waals surface area contributed by atoms with E-state index < -0.39 is 17.9 Å². The van der Waals surface area contributed by atoms with Gasteiger partial charge in [0.05, 0.1) is 18.9 Å². The molecule has 1 aliphatic rings. The molecule has 0 aliphatic heterocycles. The Bertz CT molecular complexity index is 307. The zero-order valence-corrected chi connectivity index (χ0v) is 11.7. The largest absolute Gasteiger partial charge is 0.481 e. The van der Waals surface area contributed by atoms with Gasteiger partial charge in [-0.25, -0.2) is 4.79 Å². The standard InChI is InChI=1S/C8H12O4.C4H6O2.C2H4/c9-7(10)5-1-2-6(4-3-5)8(11)12;1-3-4(5)6-2;1-2/h5-6H,1-4H2,(H,9,10)(H,11,12);3H,1H2,2H3;1-2H2. The van der Waals surface area contributed by atoms with E-state index in [1.165, 1.54) is 7.11 Å². The van der Waals surface area contributed by atoms with Crippen LogP contribution in [-0.2, 0) is 19.1 Å². The summed E-state index contributed by atoms with van der Waals surface area (Å²) in [5, 5.41) is 17.2. The summed E-state index contributed by atoms with van der Waals surface area (Å²) in [5.41, 5.74) is 0. The molecule has 6 nitrogen and oxygen atoms in total. The first-order valence-corrected chi connectivity index (χ1v) is 6.08. The van der Waals surface area contributed by atoms with Gasteiger partial charge in [-0.3, -0.25) is 9.59 Å². The Kier molecular flexibility index (Phi) is 12.1. The Balaban J connectivity index is 0. The molecule has 0 aromatic heterocycles. The number of methoxy groups -OCH3 is 1. The molecule has 1 rings (SSSR count). The maximum absolute atomic E-state index is 10.5. The molecule has 0 radical (unpaired) electrons. The average Bonchev–Trinajstić information content (AvgIpc) is 2.49. The summed E-state index contributed by atoms with van der Waals surface area (Å²) in [6.07, 6.45) is 3.14. The molecule has 6 heteroatoms. The lowest BCUT2D eigenvalue weighted by Gasteiger charge is -2.22. The van der Waals surface area contributed by atoms with Crippen LogP contribution in [0.25, 0.3) is 0 Å². The monoisotopic (exact) mass is 286 g/mol. The van der Waals surface area contributed by atoms with Crippen LogP contribution in [-0.4, -0.2) is 35.2 Å². The molecular weight excluding hydrogens is 264 g/mol. The van der Waals surface area contributed by atoms with Gasteiger partial charge in [0.15, 0.2) is 0 Å². The van der Waals surface area contributed by atoms with Crippen LogP contribution >= 0.6 is 0 Å². The molecule has 0 unspecified atom stereocenters. The summed E-state index contributed by atoms with van der Waals surface area (Å²) in [5.74, 6) is -2.62. The number of rotatable bonds is 3. The van der Waals surface area contributed by atoms with Crippen molar-refractivity contribution in [2.24, 2.45) is 11.8 Å². The van der Waals surface area contributed by atoms with Crippen molar-refractivity contribution in [1.82, 2.24) is 0 Å². The van der Waals surface area contributed by atoms with Gasteiger partial charge in [-0.05, 0) is 25.7 Å². The number of carboxylic acid groups (broad SMARTS) is 2. The van der Waals surface area contributed by atoms with Crippen LogP contribution in [0.2, 0.25) is 0 Å². The third-order valence-electron chi connectivity index (χ3n) is 2.79. The highest BCUT2D eigenvalue weighted by atomic mass is 16.5. The minimum absolute atomic E-state index is 0.319. The number of aliphatic carboxylic acids is 2. The molecule has 0 saturated heterocycles. The van der Waals surface area contributed by atoms with Crippen LogP contribution in [0.1, 0.15) is 25.7 Å². The molecule has 0 heterocycles. The molecule has 1 aliphatic carbocycles. The Labute approximate surface area is 118 Å². The summed E-state index contributed by atoms with van der Waals surface area (Å²) in [6.45, 7) is 9.16. The molecule has 0 bridgehead atoms. The highest BCUT2D eigenvalue weighted by Crippen LogP contribution is 2.28. The average molecular weight is 286 g/mol. The highest BCUT2D eigenvalue weighted by Gasteiger charge is 2.29. The van der Waals surface area contributed by atoms with Crippen LogP contribution in [0.5, 0.6) is 0 Å². The molecule has 1 saturated carbocycles. The molecule has 0 aromatic rings. The second kappa shape index (κ2) is 12.0. The van der Waals surface area contributed by atoms with Gasteiger partial charge in [-0.1, -0.05) is 6.58 Å². The van der Waals surface area contributed by atoms with Crippen molar-refractivity contribution in [2.75, 3.05) is 7.11 Å². The Hall–Kier alpha value is -2.11. The van der Waals surface area contributed by atoms with Gasteiger partial charge < -0.3 is 14.9 Å². The molecule has 1 fully saturated rings. The van der Waals surface area contributed by atoms with Gasteiger partial charge in [0.1, 0.15) is 0 Å². The minimum Gasteiger partial charge on any atom is -0.481 e. The maximum atomic E-state index is 10.5. The van der Waals surface area contributed by atoms with E-state index in [9.17, 15) is 14.4 Å². The van der Waals surface area contributed by atoms with Gasteiger partial charge in [0.2, 0.25) is 0 Å². The zero-order chi connectivity index (χ0) is 16.1. The molecule has 0 spiro atoms. The van der Waals surface area contributed by atoms with Crippen molar-refractivity contribution in [3.63, 3.8) is 0 Å². The molecule has 114 valence electrons. The van der Waals surface area contributed by atoms with Gasteiger partial charge in [0.25, 0.3) is 0 Å². The Morgan fingerprint density at radius 2 is 1.30 bits per heavy atom. The van der Waals surface area contributed by atoms with E-state index in [0.29, 0.717) is 25.7 Å². The SMILES string of the molecule is C=C.C=CC(=O)OC.O=C(O)C1CCC(C(=O)O)CC1. The lowest BCUT2D eigenvalue weighted by molar-refractivity contribution is -0.148. The van der Waals surface area contributed by atoms with Gasteiger partial charge in [-0.15, -0.1) is 13.2 Å². The summed E-state index contributed by atoms with van der Waals surface area (Å²) in [6, 6.07) is 0. The summed E-state index contributed by atoms with van der Waals surface area (Å²) < 4.78 is 4.14. The number of hydrogen-bond acceptors (Lipinski definition) is 4. The van der Waals surface area contributed by atoms with Gasteiger partial charge in [-0.2, -0.15) is 0 Å². The summed E-state index contributed by atoms with van der Waals surface area (Å²) in [7, 11) is 1.31. The summed E-state index contributed by atoms with van der Waals surface area (Å²) >= 11 is 0. The summed E-state index contributed by atoms with van der Waals surface area (Å²) in [4.78, 5) is 30.8. The smallest absolute Gasteiger partial charge is 0.329 e. The van der Waals surface area contributed by atoms with E-state index in [1.807, 2.05) is 0 Å². The third-order valence-corrected chi connectivity index (χ3v) is 2.79. The second-order valence-electron chi connectivity index (χ2n) is 3.95. The second-order valence-corrected chi connectivity index (χ2v) is 3.95. The topological polar surface area (TPSA) is 101 Å². The maximum Gasteiger partial charge on any atom is 0.329 e. The zero-order valence-electron chi connectivity index (χ0n) is 11.7. The fraction of sp³-hybridized carbons (Fsp3) is 0.500. The van der Waals surface area contributed by atoms with Crippen LogP contribution in [0.3, 0.4) is 0 Å².